The molecule has 0 saturated heterocycles. The fourth-order valence-corrected chi connectivity index (χ4v) is 4.74. The second-order valence-electron chi connectivity index (χ2n) is 7.48. The molecule has 2 N–H and O–H groups in total. The van der Waals surface area contributed by atoms with Crippen molar-refractivity contribution in [2.75, 3.05) is 5.32 Å². The van der Waals surface area contributed by atoms with E-state index in [1.807, 2.05) is 30.3 Å². The monoisotopic (exact) mass is 419 g/mol. The Balaban J connectivity index is 1.52. The van der Waals surface area contributed by atoms with Crippen LogP contribution in [0.3, 0.4) is 0 Å². The molecular formula is C22H21N5O2S. The van der Waals surface area contributed by atoms with Gasteiger partial charge in [0.05, 0.1) is 11.4 Å². The van der Waals surface area contributed by atoms with Crippen LogP contribution < -0.4 is 5.32 Å². The Bertz CT molecular complexity index is 1100. The number of rotatable bonds is 5. The summed E-state index contributed by atoms with van der Waals surface area (Å²) < 4.78 is 4.15. The number of nitrogens with one attached hydrogen (secondary N) is 2. The van der Waals surface area contributed by atoms with Crippen molar-refractivity contribution in [1.82, 2.24) is 14.6 Å². The van der Waals surface area contributed by atoms with E-state index in [1.54, 1.807) is 13.1 Å². The van der Waals surface area contributed by atoms with Gasteiger partial charge >= 0.3 is 0 Å². The predicted octanol–water partition coefficient (Wildman–Crippen LogP) is 4.34. The van der Waals surface area contributed by atoms with E-state index in [1.165, 1.54) is 0 Å². The molecule has 2 atom stereocenters. The second-order valence-corrected chi connectivity index (χ2v) is 8.26. The zero-order valence-electron chi connectivity index (χ0n) is 16.5. The van der Waals surface area contributed by atoms with Gasteiger partial charge in [-0.3, -0.25) is 14.7 Å². The Labute approximate surface area is 178 Å². The Morgan fingerprint density at radius 1 is 1.17 bits per heavy atom. The third kappa shape index (κ3) is 3.89. The summed E-state index contributed by atoms with van der Waals surface area (Å²) in [5.74, 6) is -0.988. The summed E-state index contributed by atoms with van der Waals surface area (Å²) in [4.78, 5) is 26.2. The molecule has 152 valence electrons. The van der Waals surface area contributed by atoms with Gasteiger partial charge in [0.1, 0.15) is 16.6 Å². The molecule has 0 aliphatic heterocycles. The van der Waals surface area contributed by atoms with E-state index in [-0.39, 0.29) is 17.6 Å². The van der Waals surface area contributed by atoms with Crippen LogP contribution >= 0.6 is 11.5 Å². The maximum absolute atomic E-state index is 13.2. The van der Waals surface area contributed by atoms with Crippen molar-refractivity contribution in [3.8, 4) is 17.3 Å². The van der Waals surface area contributed by atoms with E-state index in [0.717, 1.165) is 35.6 Å². The zero-order chi connectivity index (χ0) is 21.1. The number of nitrogens with zero attached hydrogens (tertiary/aromatic N) is 3. The highest BCUT2D eigenvalue weighted by Gasteiger charge is 2.36. The molecule has 4 rings (SSSR count). The molecule has 1 amide bonds. The molecule has 1 aliphatic carbocycles. The number of aromatic nitrogens is 3. The van der Waals surface area contributed by atoms with Crippen molar-refractivity contribution in [3.63, 3.8) is 0 Å². The highest BCUT2D eigenvalue weighted by molar-refractivity contribution is 7.10. The van der Waals surface area contributed by atoms with Crippen molar-refractivity contribution in [2.45, 2.75) is 32.6 Å². The number of benzene rings is 1. The van der Waals surface area contributed by atoms with Crippen LogP contribution in [0, 0.1) is 30.1 Å². The number of carbonyl (C=O) groups is 2. The minimum absolute atomic E-state index is 0.00741. The fraction of sp³-hybridized carbons (Fsp3) is 0.318. The first-order chi connectivity index (χ1) is 14.6. The van der Waals surface area contributed by atoms with Crippen LogP contribution in [0.5, 0.6) is 0 Å². The predicted molar refractivity (Wildman–Crippen MR) is 114 cm³/mol. The van der Waals surface area contributed by atoms with E-state index in [4.69, 9.17) is 0 Å². The Morgan fingerprint density at radius 3 is 2.57 bits per heavy atom. The summed E-state index contributed by atoms with van der Waals surface area (Å²) in [5.41, 5.74) is 3.44. The molecule has 1 saturated carbocycles. The van der Waals surface area contributed by atoms with Gasteiger partial charge in [0, 0.05) is 23.6 Å². The zero-order valence-corrected chi connectivity index (χ0v) is 17.3. The van der Waals surface area contributed by atoms with Crippen molar-refractivity contribution in [2.24, 2.45) is 11.8 Å². The van der Waals surface area contributed by atoms with Crippen LogP contribution in [-0.4, -0.2) is 26.3 Å². The molecule has 1 aromatic carbocycles. The van der Waals surface area contributed by atoms with Crippen LogP contribution in [0.25, 0.3) is 11.3 Å². The maximum atomic E-state index is 13.2. The lowest BCUT2D eigenvalue weighted by Gasteiger charge is -2.29. The van der Waals surface area contributed by atoms with Gasteiger partial charge in [0.25, 0.3) is 0 Å². The van der Waals surface area contributed by atoms with Crippen LogP contribution in [0.15, 0.2) is 36.5 Å². The number of carbonyl (C=O) groups excluding carboxylic acids is 2. The standard InChI is InChI=1S/C22H21N5O2S/c1-13-18(12-23)22(30-27-13)25-21(29)17-5-3-2-4-16(17)20(28)15-8-6-14(7-9-15)19-10-11-24-26-19/h6-11,16-17H,2-5H2,1H3,(H,24,26)(H,25,29)/t16?,17-/m0/s1. The number of H-pyrrole nitrogens is 1. The molecule has 3 aromatic rings. The number of aromatic amines is 1. The molecule has 8 heteroatoms. The Morgan fingerprint density at radius 2 is 1.90 bits per heavy atom. The molecule has 1 unspecified atom stereocenters. The number of anilines is 1. The third-order valence-electron chi connectivity index (χ3n) is 5.63. The number of amides is 1. The van der Waals surface area contributed by atoms with Gasteiger partial charge in [-0.05, 0) is 42.9 Å². The van der Waals surface area contributed by atoms with E-state index in [9.17, 15) is 14.9 Å². The molecule has 1 fully saturated rings. The van der Waals surface area contributed by atoms with Crippen LogP contribution in [0.4, 0.5) is 5.00 Å². The summed E-state index contributed by atoms with van der Waals surface area (Å²) in [7, 11) is 0. The molecule has 0 bridgehead atoms. The first-order valence-corrected chi connectivity index (χ1v) is 10.7. The van der Waals surface area contributed by atoms with Crippen molar-refractivity contribution < 1.29 is 9.59 Å². The number of ketones is 1. The highest BCUT2D eigenvalue weighted by atomic mass is 32.1. The lowest BCUT2D eigenvalue weighted by molar-refractivity contribution is -0.121. The summed E-state index contributed by atoms with van der Waals surface area (Å²) in [6.45, 7) is 1.74. The van der Waals surface area contributed by atoms with Crippen molar-refractivity contribution >= 4 is 28.2 Å². The van der Waals surface area contributed by atoms with Crippen molar-refractivity contribution in [1.29, 1.82) is 5.26 Å². The molecule has 0 spiro atoms. The lowest BCUT2D eigenvalue weighted by Crippen LogP contribution is -2.36. The minimum atomic E-state index is -0.410. The van der Waals surface area contributed by atoms with Crippen LogP contribution in [-0.2, 0) is 4.79 Å². The molecule has 0 radical (unpaired) electrons. The summed E-state index contributed by atoms with van der Waals surface area (Å²) in [6, 6.07) is 11.3. The average Bonchev–Trinajstić information content (AvgIpc) is 3.43. The van der Waals surface area contributed by atoms with Crippen molar-refractivity contribution in [3.05, 3.63) is 53.3 Å². The smallest absolute Gasteiger partial charge is 0.228 e. The second kappa shape index (κ2) is 8.59. The normalized spacial score (nSPS) is 18.5. The summed E-state index contributed by atoms with van der Waals surface area (Å²) in [6.07, 6.45) is 4.87. The minimum Gasteiger partial charge on any atom is -0.315 e. The topological polar surface area (TPSA) is 112 Å². The number of Topliss-reactive ketones (excluding diaryl/α,β-unsaturated/α-hetero) is 1. The molecule has 7 nitrogen and oxygen atoms in total. The van der Waals surface area contributed by atoms with Gasteiger partial charge in [0.2, 0.25) is 5.91 Å². The molecule has 1 aliphatic rings. The lowest BCUT2D eigenvalue weighted by atomic mass is 9.75. The van der Waals surface area contributed by atoms with E-state index < -0.39 is 5.92 Å². The van der Waals surface area contributed by atoms with Gasteiger partial charge in [-0.2, -0.15) is 14.7 Å². The van der Waals surface area contributed by atoms with Crippen LogP contribution in [0.1, 0.15) is 47.3 Å². The molecule has 2 heterocycles. The van der Waals surface area contributed by atoms with Gasteiger partial charge in [-0.1, -0.05) is 37.1 Å². The van der Waals surface area contributed by atoms with Gasteiger partial charge in [0.15, 0.2) is 5.78 Å². The fourth-order valence-electron chi connectivity index (χ4n) is 3.99. The first-order valence-electron chi connectivity index (χ1n) is 9.89. The molecular weight excluding hydrogens is 398 g/mol. The van der Waals surface area contributed by atoms with E-state index in [2.05, 4.69) is 26.0 Å². The number of hydrogen-bond acceptors (Lipinski definition) is 6. The number of hydrogen-bond donors (Lipinski definition) is 2. The number of aryl methyl sites for hydroxylation is 1. The SMILES string of the molecule is Cc1nsc(NC(=O)[C@H]2CCCCC2C(=O)c2ccc(-c3ccn[nH]3)cc2)c1C#N. The van der Waals surface area contributed by atoms with Crippen LogP contribution in [0.2, 0.25) is 0 Å². The van der Waals surface area contributed by atoms with E-state index >= 15 is 0 Å². The average molecular weight is 420 g/mol. The Kier molecular flexibility index (Phi) is 5.72. The molecule has 30 heavy (non-hydrogen) atoms. The van der Waals surface area contributed by atoms with Gasteiger partial charge in [-0.25, -0.2) is 0 Å². The molecule has 2 aromatic heterocycles. The van der Waals surface area contributed by atoms with Gasteiger partial charge < -0.3 is 5.32 Å². The largest absolute Gasteiger partial charge is 0.315 e. The maximum Gasteiger partial charge on any atom is 0.228 e. The number of nitriles is 1. The summed E-state index contributed by atoms with van der Waals surface area (Å²) >= 11 is 1.10. The summed E-state index contributed by atoms with van der Waals surface area (Å²) in [5, 5.41) is 19.5. The van der Waals surface area contributed by atoms with Gasteiger partial charge in [-0.15, -0.1) is 0 Å². The quantitative estimate of drug-likeness (QED) is 0.598. The van der Waals surface area contributed by atoms with E-state index in [0.29, 0.717) is 34.7 Å². The first kappa shape index (κ1) is 20.0. The Hall–Kier alpha value is -3.31. The third-order valence-corrected chi connectivity index (χ3v) is 6.49. The highest BCUT2D eigenvalue weighted by Crippen LogP contribution is 2.35.